The Morgan fingerprint density at radius 3 is 2.57 bits per heavy atom. The zero-order valence-corrected chi connectivity index (χ0v) is 12.3. The van der Waals surface area contributed by atoms with E-state index < -0.39 is 10.0 Å². The van der Waals surface area contributed by atoms with E-state index in [0.717, 1.165) is 18.4 Å². The second kappa shape index (κ2) is 7.37. The number of hydrogen-bond acceptors (Lipinski definition) is 5. The van der Waals surface area contributed by atoms with E-state index in [1.165, 1.54) is 6.26 Å². The molecule has 1 heterocycles. The smallest absolute Gasteiger partial charge is 0.240 e. The summed E-state index contributed by atoms with van der Waals surface area (Å²) in [6, 6.07) is 10.2. The molecule has 0 unspecified atom stereocenters. The van der Waals surface area contributed by atoms with Gasteiger partial charge in [-0.25, -0.2) is 19.0 Å². The molecule has 1 aromatic heterocycles. The SMILES string of the molecule is NOCCCc1ccc(S(=O)(=O)NCc2ccco2)cc1. The van der Waals surface area contributed by atoms with Crippen molar-refractivity contribution >= 4 is 10.0 Å². The van der Waals surface area contributed by atoms with Crippen LogP contribution in [0, 0.1) is 0 Å². The highest BCUT2D eigenvalue weighted by atomic mass is 32.2. The molecule has 0 spiro atoms. The lowest BCUT2D eigenvalue weighted by molar-refractivity contribution is 0.135. The van der Waals surface area contributed by atoms with E-state index in [-0.39, 0.29) is 11.4 Å². The Kier molecular flexibility index (Phi) is 5.51. The zero-order valence-electron chi connectivity index (χ0n) is 11.5. The Bertz CT molecular complexity index is 636. The van der Waals surface area contributed by atoms with Gasteiger partial charge in [-0.1, -0.05) is 12.1 Å². The molecule has 0 aliphatic carbocycles. The Morgan fingerprint density at radius 2 is 1.95 bits per heavy atom. The van der Waals surface area contributed by atoms with Crippen LogP contribution in [0.1, 0.15) is 17.7 Å². The highest BCUT2D eigenvalue weighted by Crippen LogP contribution is 2.12. The molecular weight excluding hydrogens is 292 g/mol. The average molecular weight is 310 g/mol. The number of furan rings is 1. The van der Waals surface area contributed by atoms with Gasteiger partial charge in [0.1, 0.15) is 5.76 Å². The number of hydrogen-bond donors (Lipinski definition) is 2. The van der Waals surface area contributed by atoms with Gasteiger partial charge in [-0.2, -0.15) is 0 Å². The molecule has 0 atom stereocenters. The van der Waals surface area contributed by atoms with Crippen LogP contribution in [0.25, 0.3) is 0 Å². The molecular formula is C14H18N2O4S. The standard InChI is InChI=1S/C14H18N2O4S/c15-20-10-1-3-12-5-7-14(8-6-12)21(17,18)16-11-13-4-2-9-19-13/h2,4-9,16H,1,3,10-11,15H2. The van der Waals surface area contributed by atoms with Gasteiger partial charge in [-0.15, -0.1) is 0 Å². The third-order valence-corrected chi connectivity index (χ3v) is 4.39. The molecule has 0 saturated heterocycles. The van der Waals surface area contributed by atoms with Gasteiger partial charge in [0.25, 0.3) is 0 Å². The second-order valence-electron chi connectivity index (χ2n) is 4.52. The van der Waals surface area contributed by atoms with E-state index >= 15 is 0 Å². The van der Waals surface area contributed by atoms with Crippen molar-refractivity contribution < 1.29 is 17.7 Å². The van der Waals surface area contributed by atoms with Gasteiger partial charge < -0.3 is 9.25 Å². The summed E-state index contributed by atoms with van der Waals surface area (Å²) in [6.07, 6.45) is 3.08. The molecule has 0 aliphatic rings. The largest absolute Gasteiger partial charge is 0.468 e. The molecule has 1 aromatic carbocycles. The fourth-order valence-electron chi connectivity index (χ4n) is 1.86. The summed E-state index contributed by atoms with van der Waals surface area (Å²) in [5.41, 5.74) is 1.04. The van der Waals surface area contributed by atoms with Crippen LogP contribution < -0.4 is 10.6 Å². The Morgan fingerprint density at radius 1 is 1.19 bits per heavy atom. The maximum Gasteiger partial charge on any atom is 0.240 e. The van der Waals surface area contributed by atoms with Gasteiger partial charge >= 0.3 is 0 Å². The van der Waals surface area contributed by atoms with Crippen LogP contribution in [-0.2, 0) is 27.8 Å². The summed E-state index contributed by atoms with van der Waals surface area (Å²) < 4.78 is 31.8. The number of nitrogens with one attached hydrogen (secondary N) is 1. The first-order valence-electron chi connectivity index (χ1n) is 6.54. The maximum atomic E-state index is 12.1. The Balaban J connectivity index is 1.96. The van der Waals surface area contributed by atoms with E-state index in [9.17, 15) is 8.42 Å². The fraction of sp³-hybridized carbons (Fsp3) is 0.286. The summed E-state index contributed by atoms with van der Waals surface area (Å²) >= 11 is 0. The Labute approximate surface area is 123 Å². The molecule has 0 bridgehead atoms. The third-order valence-electron chi connectivity index (χ3n) is 2.98. The average Bonchev–Trinajstić information content (AvgIpc) is 3.00. The first kappa shape index (κ1) is 15.7. The molecule has 0 amide bonds. The van der Waals surface area contributed by atoms with Crippen LogP contribution in [-0.4, -0.2) is 15.0 Å². The lowest BCUT2D eigenvalue weighted by atomic mass is 10.1. The molecule has 21 heavy (non-hydrogen) atoms. The van der Waals surface area contributed by atoms with Crippen LogP contribution in [0.5, 0.6) is 0 Å². The van der Waals surface area contributed by atoms with E-state index in [4.69, 9.17) is 10.3 Å². The van der Waals surface area contributed by atoms with Crippen LogP contribution in [0.4, 0.5) is 0 Å². The Hall–Kier alpha value is -1.67. The van der Waals surface area contributed by atoms with Gasteiger partial charge in [0.2, 0.25) is 10.0 Å². The molecule has 0 saturated carbocycles. The summed E-state index contributed by atoms with van der Waals surface area (Å²) in [7, 11) is -3.53. The summed E-state index contributed by atoms with van der Waals surface area (Å²) in [5, 5.41) is 0. The molecule has 0 radical (unpaired) electrons. The van der Waals surface area contributed by atoms with Gasteiger partial charge in [-0.3, -0.25) is 0 Å². The van der Waals surface area contributed by atoms with Crippen LogP contribution in [0.3, 0.4) is 0 Å². The van der Waals surface area contributed by atoms with Crippen LogP contribution >= 0.6 is 0 Å². The fourth-order valence-corrected chi connectivity index (χ4v) is 2.85. The van der Waals surface area contributed by atoms with Crippen molar-refractivity contribution in [2.24, 2.45) is 5.90 Å². The van der Waals surface area contributed by atoms with Crippen molar-refractivity contribution in [3.8, 4) is 0 Å². The van der Waals surface area contributed by atoms with Crippen LogP contribution in [0.2, 0.25) is 0 Å². The van der Waals surface area contributed by atoms with Gasteiger partial charge in [0, 0.05) is 0 Å². The van der Waals surface area contributed by atoms with Crippen molar-refractivity contribution in [1.82, 2.24) is 4.72 Å². The van der Waals surface area contributed by atoms with Crippen molar-refractivity contribution in [2.45, 2.75) is 24.3 Å². The van der Waals surface area contributed by atoms with E-state index in [1.807, 2.05) is 0 Å². The van der Waals surface area contributed by atoms with Crippen molar-refractivity contribution in [1.29, 1.82) is 0 Å². The predicted octanol–water partition coefficient (Wildman–Crippen LogP) is 1.58. The van der Waals surface area contributed by atoms with E-state index in [0.29, 0.717) is 12.4 Å². The summed E-state index contributed by atoms with van der Waals surface area (Å²) in [5.74, 6) is 5.52. The number of rotatable bonds is 8. The van der Waals surface area contributed by atoms with Crippen molar-refractivity contribution in [2.75, 3.05) is 6.61 Å². The first-order valence-corrected chi connectivity index (χ1v) is 8.03. The summed E-state index contributed by atoms with van der Waals surface area (Å²) in [6.45, 7) is 0.607. The molecule has 3 N–H and O–H groups in total. The topological polar surface area (TPSA) is 94.6 Å². The summed E-state index contributed by atoms with van der Waals surface area (Å²) in [4.78, 5) is 4.72. The normalized spacial score (nSPS) is 11.7. The lowest BCUT2D eigenvalue weighted by Crippen LogP contribution is -2.22. The van der Waals surface area contributed by atoms with E-state index in [1.54, 1.807) is 36.4 Å². The molecule has 114 valence electrons. The van der Waals surface area contributed by atoms with Crippen molar-refractivity contribution in [3.63, 3.8) is 0 Å². The van der Waals surface area contributed by atoms with Gasteiger partial charge in [0.05, 0.1) is 24.3 Å². The maximum absolute atomic E-state index is 12.1. The lowest BCUT2D eigenvalue weighted by Gasteiger charge is -2.06. The minimum Gasteiger partial charge on any atom is -0.468 e. The molecule has 0 aliphatic heterocycles. The molecule has 2 aromatic rings. The third kappa shape index (κ3) is 4.68. The molecule has 0 fully saturated rings. The zero-order chi connectivity index (χ0) is 15.1. The molecule has 6 nitrogen and oxygen atoms in total. The molecule has 2 rings (SSSR count). The predicted molar refractivity (Wildman–Crippen MR) is 77.6 cm³/mol. The highest BCUT2D eigenvalue weighted by Gasteiger charge is 2.14. The van der Waals surface area contributed by atoms with Gasteiger partial charge in [-0.05, 0) is 42.7 Å². The number of sulfonamides is 1. The highest BCUT2D eigenvalue weighted by molar-refractivity contribution is 7.89. The first-order chi connectivity index (χ1) is 10.1. The monoisotopic (exact) mass is 310 g/mol. The number of nitrogens with two attached hydrogens (primary N) is 1. The number of aryl methyl sites for hydroxylation is 1. The minimum absolute atomic E-state index is 0.130. The second-order valence-corrected chi connectivity index (χ2v) is 6.29. The molecule has 7 heteroatoms. The van der Waals surface area contributed by atoms with Gasteiger partial charge in [0.15, 0.2) is 0 Å². The van der Waals surface area contributed by atoms with Crippen molar-refractivity contribution in [3.05, 3.63) is 54.0 Å². The minimum atomic E-state index is -3.53. The van der Waals surface area contributed by atoms with E-state index in [2.05, 4.69) is 9.56 Å². The van der Waals surface area contributed by atoms with Crippen LogP contribution in [0.15, 0.2) is 52.0 Å². The quantitative estimate of drug-likeness (QED) is 0.570. The number of benzene rings is 1.